The molecule has 0 radical (unpaired) electrons. The first kappa shape index (κ1) is 24.5. The zero-order valence-electron chi connectivity index (χ0n) is 19.4. The molecule has 2 heterocycles. The third kappa shape index (κ3) is 5.70. The van der Waals surface area contributed by atoms with E-state index in [2.05, 4.69) is 43.4 Å². The lowest BCUT2D eigenvalue weighted by Crippen LogP contribution is -2.45. The normalized spacial score (nSPS) is 18.4. The number of hydroxylamine groups is 2. The first-order valence-corrected chi connectivity index (χ1v) is 11.6. The van der Waals surface area contributed by atoms with Crippen LogP contribution < -0.4 is 5.32 Å². The van der Waals surface area contributed by atoms with Gasteiger partial charge in [0.1, 0.15) is 5.60 Å². The summed E-state index contributed by atoms with van der Waals surface area (Å²) < 4.78 is 38.4. The Morgan fingerprint density at radius 2 is 1.59 bits per heavy atom. The molecular weight excluding hydrogens is 463 g/mol. The molecular formula is C25H28F3N3O2S. The Bertz CT molecular complexity index is 1050. The monoisotopic (exact) mass is 491 g/mol. The lowest BCUT2D eigenvalue weighted by Gasteiger charge is -2.36. The second kappa shape index (κ2) is 9.19. The highest BCUT2D eigenvalue weighted by atomic mass is 32.1. The van der Waals surface area contributed by atoms with E-state index < -0.39 is 17.3 Å². The number of hydrogen-bond acceptors (Lipinski definition) is 5. The number of nitrogens with one attached hydrogen (secondary N) is 1. The van der Waals surface area contributed by atoms with E-state index in [9.17, 15) is 13.2 Å². The Hall–Kier alpha value is -2.65. The van der Waals surface area contributed by atoms with Gasteiger partial charge in [-0.25, -0.2) is 0 Å². The molecule has 182 valence electrons. The molecule has 34 heavy (non-hydrogen) atoms. The van der Waals surface area contributed by atoms with Crippen molar-refractivity contribution in [3.63, 3.8) is 0 Å². The number of oxime groups is 1. The van der Waals surface area contributed by atoms with Gasteiger partial charge in [0.05, 0.1) is 11.3 Å². The van der Waals surface area contributed by atoms with E-state index in [0.717, 1.165) is 17.8 Å². The smallest absolute Gasteiger partial charge is 0.388 e. The van der Waals surface area contributed by atoms with Crippen LogP contribution in [0.4, 0.5) is 18.9 Å². The summed E-state index contributed by atoms with van der Waals surface area (Å²) in [5.74, 6) is 0. The van der Waals surface area contributed by atoms with Gasteiger partial charge in [0.2, 0.25) is 0 Å². The Morgan fingerprint density at radius 1 is 1.00 bits per heavy atom. The molecule has 2 aliphatic rings. The fourth-order valence-electron chi connectivity index (χ4n) is 4.09. The quantitative estimate of drug-likeness (QED) is 0.511. The van der Waals surface area contributed by atoms with Crippen LogP contribution in [0.1, 0.15) is 56.7 Å². The van der Waals surface area contributed by atoms with E-state index in [0.29, 0.717) is 43.6 Å². The van der Waals surface area contributed by atoms with E-state index in [1.54, 1.807) is 5.06 Å². The average molecular weight is 492 g/mol. The maximum atomic E-state index is 12.8. The molecule has 2 aliphatic heterocycles. The molecule has 0 amide bonds. The van der Waals surface area contributed by atoms with Gasteiger partial charge in [-0.1, -0.05) is 50.2 Å². The highest BCUT2D eigenvalue weighted by Gasteiger charge is 2.43. The summed E-state index contributed by atoms with van der Waals surface area (Å²) in [5, 5.41) is 9.35. The van der Waals surface area contributed by atoms with Gasteiger partial charge >= 0.3 is 6.18 Å². The third-order valence-corrected chi connectivity index (χ3v) is 6.40. The van der Waals surface area contributed by atoms with Crippen molar-refractivity contribution in [3.05, 3.63) is 65.2 Å². The van der Waals surface area contributed by atoms with Gasteiger partial charge in [-0.15, -0.1) is 5.06 Å². The highest BCUT2D eigenvalue weighted by Crippen LogP contribution is 2.37. The summed E-state index contributed by atoms with van der Waals surface area (Å²) in [6.07, 6.45) is -2.46. The lowest BCUT2D eigenvalue weighted by atomic mass is 9.86. The van der Waals surface area contributed by atoms with E-state index in [-0.39, 0.29) is 10.6 Å². The van der Waals surface area contributed by atoms with Gasteiger partial charge in [0, 0.05) is 38.0 Å². The number of anilines is 1. The number of rotatable bonds is 3. The van der Waals surface area contributed by atoms with Gasteiger partial charge < -0.3 is 15.0 Å². The minimum atomic E-state index is -4.36. The Labute approximate surface area is 202 Å². The van der Waals surface area contributed by atoms with Crippen LogP contribution >= 0.6 is 12.2 Å². The number of benzene rings is 2. The molecule has 0 aliphatic carbocycles. The van der Waals surface area contributed by atoms with Crippen molar-refractivity contribution in [1.29, 1.82) is 0 Å². The molecule has 0 unspecified atom stereocenters. The number of alkyl halides is 3. The van der Waals surface area contributed by atoms with Crippen LogP contribution in [-0.4, -0.2) is 34.6 Å². The zero-order chi connectivity index (χ0) is 24.6. The van der Waals surface area contributed by atoms with Crippen molar-refractivity contribution < 1.29 is 22.8 Å². The van der Waals surface area contributed by atoms with Crippen molar-refractivity contribution in [2.45, 2.75) is 57.2 Å². The van der Waals surface area contributed by atoms with Crippen LogP contribution in [0, 0.1) is 0 Å². The minimum Gasteiger partial charge on any atom is -0.388 e. The number of nitrogens with zero attached hydrogens (tertiary/aromatic N) is 2. The summed E-state index contributed by atoms with van der Waals surface area (Å²) in [7, 11) is 0. The molecule has 0 bridgehead atoms. The lowest BCUT2D eigenvalue weighted by molar-refractivity contribution is -0.143. The summed E-state index contributed by atoms with van der Waals surface area (Å²) in [5.41, 5.74) is 2.35. The number of halogens is 3. The van der Waals surface area contributed by atoms with Gasteiger partial charge in [-0.2, -0.15) is 13.2 Å². The first-order valence-electron chi connectivity index (χ1n) is 11.2. The molecule has 5 nitrogen and oxygen atoms in total. The highest BCUT2D eigenvalue weighted by molar-refractivity contribution is 7.80. The average Bonchev–Trinajstić information content (AvgIpc) is 3.18. The Kier molecular flexibility index (Phi) is 6.61. The molecule has 1 fully saturated rings. The zero-order valence-corrected chi connectivity index (χ0v) is 20.2. The number of thiocarbonyl (C=S) groups is 1. The molecule has 1 spiro atoms. The standard InChI is InChI=1S/C25H28F3N3O2S/c1-23(2,3)18-8-10-20(11-9-18)29-22(34)32-31-14-12-24(13-15-31)16-21(30-33-24)17-4-6-19(7-5-17)25(26,27)28/h4-11H,12-16H2,1-3H3,(H,29,34). The third-order valence-electron chi connectivity index (χ3n) is 6.23. The predicted molar refractivity (Wildman–Crippen MR) is 130 cm³/mol. The molecule has 1 N–H and O–H groups in total. The van der Waals surface area contributed by atoms with Crippen molar-refractivity contribution >= 4 is 28.8 Å². The Morgan fingerprint density at radius 3 is 2.15 bits per heavy atom. The van der Waals surface area contributed by atoms with Crippen LogP contribution in [0.5, 0.6) is 0 Å². The van der Waals surface area contributed by atoms with Crippen LogP contribution in [0.3, 0.4) is 0 Å². The number of piperidine rings is 1. The maximum absolute atomic E-state index is 12.8. The molecule has 1 saturated heterocycles. The minimum absolute atomic E-state index is 0.0811. The maximum Gasteiger partial charge on any atom is 0.416 e. The molecule has 0 atom stereocenters. The largest absolute Gasteiger partial charge is 0.416 e. The molecule has 0 aromatic heterocycles. The fourth-order valence-corrected chi connectivity index (χ4v) is 4.32. The van der Waals surface area contributed by atoms with Crippen molar-refractivity contribution in [2.75, 3.05) is 18.4 Å². The summed E-state index contributed by atoms with van der Waals surface area (Å²) in [6, 6.07) is 13.1. The van der Waals surface area contributed by atoms with Crippen molar-refractivity contribution in [2.24, 2.45) is 5.16 Å². The Balaban J connectivity index is 1.26. The number of hydrogen-bond donors (Lipinski definition) is 1. The van der Waals surface area contributed by atoms with E-state index >= 15 is 0 Å². The summed E-state index contributed by atoms with van der Waals surface area (Å²) >= 11 is 5.36. The van der Waals surface area contributed by atoms with Crippen LogP contribution in [-0.2, 0) is 21.3 Å². The fraction of sp³-hybridized carbons (Fsp3) is 0.440. The van der Waals surface area contributed by atoms with Gasteiger partial charge in [0.15, 0.2) is 0 Å². The summed E-state index contributed by atoms with van der Waals surface area (Å²) in [4.78, 5) is 11.6. The second-order valence-corrected chi connectivity index (χ2v) is 10.2. The predicted octanol–water partition coefficient (Wildman–Crippen LogP) is 6.29. The van der Waals surface area contributed by atoms with E-state index in [1.165, 1.54) is 17.7 Å². The molecule has 9 heteroatoms. The van der Waals surface area contributed by atoms with Crippen LogP contribution in [0.25, 0.3) is 0 Å². The van der Waals surface area contributed by atoms with Crippen LogP contribution in [0.2, 0.25) is 0 Å². The van der Waals surface area contributed by atoms with E-state index in [1.807, 2.05) is 12.1 Å². The van der Waals surface area contributed by atoms with Crippen molar-refractivity contribution in [3.8, 4) is 0 Å². The SMILES string of the molecule is CC(C)(C)c1ccc(NC(=S)ON2CCC3(CC2)CC(c2ccc(C(F)(F)F)cc2)=NO3)cc1. The molecule has 2 aromatic rings. The summed E-state index contributed by atoms with van der Waals surface area (Å²) in [6.45, 7) is 7.69. The second-order valence-electron chi connectivity index (χ2n) is 9.82. The van der Waals surface area contributed by atoms with Gasteiger partial charge in [0.25, 0.3) is 5.17 Å². The van der Waals surface area contributed by atoms with E-state index in [4.69, 9.17) is 21.9 Å². The topological polar surface area (TPSA) is 46.1 Å². The molecule has 2 aromatic carbocycles. The van der Waals surface area contributed by atoms with Gasteiger partial charge in [-0.05, 0) is 53.0 Å². The molecule has 0 saturated carbocycles. The van der Waals surface area contributed by atoms with Gasteiger partial charge in [-0.3, -0.25) is 0 Å². The van der Waals surface area contributed by atoms with Crippen LogP contribution in [0.15, 0.2) is 53.7 Å². The first-order chi connectivity index (χ1) is 15.9. The van der Waals surface area contributed by atoms with Crippen molar-refractivity contribution in [1.82, 2.24) is 5.06 Å². The molecule has 4 rings (SSSR count).